The number of carbonyl (C=O) groups excluding carboxylic acids is 1. The summed E-state index contributed by atoms with van der Waals surface area (Å²) in [6.45, 7) is 0.364. The van der Waals surface area contributed by atoms with Crippen molar-refractivity contribution in [3.8, 4) is 16.3 Å². The lowest BCUT2D eigenvalue weighted by atomic mass is 9.96. The molecule has 0 saturated heterocycles. The number of amides is 1. The molecular formula is C18H14ClN3O2S. The largest absolute Gasteiger partial charge is 0.492 e. The number of nitrogens with zero attached hydrogens (tertiary/aromatic N) is 2. The molecule has 1 N–H and O–H groups in total. The zero-order valence-corrected chi connectivity index (χ0v) is 14.7. The second kappa shape index (κ2) is 6.82. The van der Waals surface area contributed by atoms with Gasteiger partial charge in [-0.05, 0) is 54.4 Å². The molecular weight excluding hydrogens is 358 g/mol. The molecule has 2 heterocycles. The molecule has 0 aliphatic carbocycles. The van der Waals surface area contributed by atoms with Crippen molar-refractivity contribution in [2.75, 3.05) is 11.9 Å². The van der Waals surface area contributed by atoms with Crippen molar-refractivity contribution >= 4 is 34.5 Å². The summed E-state index contributed by atoms with van der Waals surface area (Å²) in [5.74, 6) is 0.498. The van der Waals surface area contributed by atoms with E-state index in [-0.39, 0.29) is 11.8 Å². The summed E-state index contributed by atoms with van der Waals surface area (Å²) in [7, 11) is 0. The normalized spacial score (nSPS) is 16.0. The van der Waals surface area contributed by atoms with E-state index in [0.29, 0.717) is 18.1 Å². The van der Waals surface area contributed by atoms with Crippen molar-refractivity contribution in [2.45, 2.75) is 6.42 Å². The maximum absolute atomic E-state index is 12.5. The highest BCUT2D eigenvalue weighted by atomic mass is 35.5. The Bertz CT molecular complexity index is 897. The number of hydrogen-bond donors (Lipinski definition) is 1. The molecule has 126 valence electrons. The third-order valence-corrected chi connectivity index (χ3v) is 5.03. The van der Waals surface area contributed by atoms with E-state index < -0.39 is 0 Å². The first-order valence-corrected chi connectivity index (χ1v) is 9.03. The van der Waals surface area contributed by atoms with Gasteiger partial charge in [0.15, 0.2) is 0 Å². The third kappa shape index (κ3) is 3.50. The molecule has 0 saturated carbocycles. The zero-order valence-electron chi connectivity index (χ0n) is 13.1. The topological polar surface area (TPSA) is 64.1 Å². The van der Waals surface area contributed by atoms with E-state index in [1.165, 1.54) is 11.3 Å². The van der Waals surface area contributed by atoms with Crippen molar-refractivity contribution in [3.05, 3.63) is 58.6 Å². The van der Waals surface area contributed by atoms with E-state index in [1.807, 2.05) is 36.4 Å². The summed E-state index contributed by atoms with van der Waals surface area (Å²) in [4.78, 5) is 12.5. The van der Waals surface area contributed by atoms with Crippen LogP contribution in [0, 0.1) is 5.92 Å². The van der Waals surface area contributed by atoms with Crippen molar-refractivity contribution in [1.29, 1.82) is 0 Å². The third-order valence-electron chi connectivity index (χ3n) is 4.06. The first-order chi connectivity index (χ1) is 12.2. The fourth-order valence-corrected chi connectivity index (χ4v) is 3.53. The van der Waals surface area contributed by atoms with Crippen LogP contribution in [0.1, 0.15) is 5.56 Å². The Labute approximate surface area is 153 Å². The van der Waals surface area contributed by atoms with E-state index in [1.54, 1.807) is 11.6 Å². The number of halogens is 1. The molecule has 25 heavy (non-hydrogen) atoms. The fourth-order valence-electron chi connectivity index (χ4n) is 2.77. The van der Waals surface area contributed by atoms with Gasteiger partial charge in [0.05, 0.1) is 5.92 Å². The Morgan fingerprint density at radius 2 is 2.08 bits per heavy atom. The van der Waals surface area contributed by atoms with Crippen LogP contribution in [0.5, 0.6) is 5.75 Å². The van der Waals surface area contributed by atoms with Crippen LogP contribution in [0.15, 0.2) is 48.0 Å². The molecule has 1 amide bonds. The number of ether oxygens (including phenoxy) is 1. The number of aromatic nitrogens is 2. The fraction of sp³-hybridized carbons (Fsp3) is 0.167. The van der Waals surface area contributed by atoms with Gasteiger partial charge in [0.1, 0.15) is 22.9 Å². The summed E-state index contributed by atoms with van der Waals surface area (Å²) in [5, 5.41) is 12.3. The van der Waals surface area contributed by atoms with Gasteiger partial charge >= 0.3 is 0 Å². The van der Waals surface area contributed by atoms with Gasteiger partial charge in [-0.25, -0.2) is 0 Å². The van der Waals surface area contributed by atoms with Gasteiger partial charge < -0.3 is 10.1 Å². The van der Waals surface area contributed by atoms with E-state index in [9.17, 15) is 4.79 Å². The maximum atomic E-state index is 12.5. The SMILES string of the molecule is O=C(Nc1ccc(-c2nncs2)cc1)C1COc2ccc(Cl)cc2C1. The van der Waals surface area contributed by atoms with Gasteiger partial charge in [0, 0.05) is 16.3 Å². The predicted molar refractivity (Wildman–Crippen MR) is 98.1 cm³/mol. The van der Waals surface area contributed by atoms with Gasteiger partial charge in [0.2, 0.25) is 5.91 Å². The molecule has 1 aromatic heterocycles. The van der Waals surface area contributed by atoms with E-state index in [4.69, 9.17) is 16.3 Å². The molecule has 5 nitrogen and oxygen atoms in total. The van der Waals surface area contributed by atoms with Crippen LogP contribution in [-0.4, -0.2) is 22.7 Å². The number of rotatable bonds is 3. The van der Waals surface area contributed by atoms with Crippen LogP contribution < -0.4 is 10.1 Å². The van der Waals surface area contributed by atoms with Crippen LogP contribution in [0.2, 0.25) is 5.02 Å². The first kappa shape index (κ1) is 16.1. The Balaban J connectivity index is 1.44. The average Bonchev–Trinajstić information content (AvgIpc) is 3.16. The highest BCUT2D eigenvalue weighted by Gasteiger charge is 2.26. The van der Waals surface area contributed by atoms with Gasteiger partial charge in [-0.15, -0.1) is 10.2 Å². The van der Waals surface area contributed by atoms with Crippen LogP contribution >= 0.6 is 22.9 Å². The molecule has 1 aliphatic rings. The molecule has 0 bridgehead atoms. The Morgan fingerprint density at radius 1 is 1.24 bits per heavy atom. The number of hydrogen-bond acceptors (Lipinski definition) is 5. The summed E-state index contributed by atoms with van der Waals surface area (Å²) < 4.78 is 5.68. The zero-order chi connectivity index (χ0) is 17.2. The van der Waals surface area contributed by atoms with Gasteiger partial charge in [0.25, 0.3) is 0 Å². The Morgan fingerprint density at radius 3 is 2.84 bits per heavy atom. The van der Waals surface area contributed by atoms with Crippen LogP contribution in [0.3, 0.4) is 0 Å². The van der Waals surface area contributed by atoms with E-state index in [2.05, 4.69) is 15.5 Å². The quantitative estimate of drug-likeness (QED) is 0.754. The number of nitrogens with one attached hydrogen (secondary N) is 1. The Kier molecular flexibility index (Phi) is 4.38. The average molecular weight is 372 g/mol. The Hall–Kier alpha value is -2.44. The highest BCUT2D eigenvalue weighted by molar-refractivity contribution is 7.12. The number of fused-ring (bicyclic) bond motifs is 1. The minimum Gasteiger partial charge on any atom is -0.492 e. The maximum Gasteiger partial charge on any atom is 0.231 e. The lowest BCUT2D eigenvalue weighted by Crippen LogP contribution is -2.32. The molecule has 7 heteroatoms. The smallest absolute Gasteiger partial charge is 0.231 e. The first-order valence-electron chi connectivity index (χ1n) is 7.78. The van der Waals surface area contributed by atoms with E-state index in [0.717, 1.165) is 27.6 Å². The van der Waals surface area contributed by atoms with Crippen molar-refractivity contribution in [2.24, 2.45) is 5.92 Å². The standard InChI is InChI=1S/C18H14ClN3O2S/c19-14-3-6-16-12(8-14)7-13(9-24-16)17(23)21-15-4-1-11(2-5-15)18-22-20-10-25-18/h1-6,8,10,13H,7,9H2,(H,21,23). The lowest BCUT2D eigenvalue weighted by Gasteiger charge is -2.24. The monoisotopic (exact) mass is 371 g/mol. The van der Waals surface area contributed by atoms with Crippen LogP contribution in [0.25, 0.3) is 10.6 Å². The van der Waals surface area contributed by atoms with Crippen molar-refractivity contribution in [1.82, 2.24) is 10.2 Å². The minimum atomic E-state index is -0.242. The molecule has 3 aromatic rings. The predicted octanol–water partition coefficient (Wildman–Crippen LogP) is 4.05. The van der Waals surface area contributed by atoms with E-state index >= 15 is 0 Å². The second-order valence-corrected chi connectivity index (χ2v) is 7.04. The van der Waals surface area contributed by atoms with Gasteiger partial charge in [-0.2, -0.15) is 0 Å². The van der Waals surface area contributed by atoms with Crippen LogP contribution in [-0.2, 0) is 11.2 Å². The van der Waals surface area contributed by atoms with Crippen molar-refractivity contribution in [3.63, 3.8) is 0 Å². The second-order valence-electron chi connectivity index (χ2n) is 5.77. The number of carbonyl (C=O) groups is 1. The molecule has 4 rings (SSSR count). The number of benzene rings is 2. The molecule has 2 aromatic carbocycles. The lowest BCUT2D eigenvalue weighted by molar-refractivity contribution is -0.121. The molecule has 0 spiro atoms. The minimum absolute atomic E-state index is 0.0608. The molecule has 1 atom stereocenters. The summed E-state index contributed by atoms with van der Waals surface area (Å²) in [5.41, 5.74) is 4.38. The summed E-state index contributed by atoms with van der Waals surface area (Å²) in [6.07, 6.45) is 0.616. The summed E-state index contributed by atoms with van der Waals surface area (Å²) in [6, 6.07) is 13.1. The molecule has 0 radical (unpaired) electrons. The molecule has 1 aliphatic heterocycles. The number of anilines is 1. The van der Waals surface area contributed by atoms with Gasteiger partial charge in [-0.3, -0.25) is 4.79 Å². The van der Waals surface area contributed by atoms with Crippen LogP contribution in [0.4, 0.5) is 5.69 Å². The van der Waals surface area contributed by atoms with Gasteiger partial charge in [-0.1, -0.05) is 22.9 Å². The van der Waals surface area contributed by atoms with Crippen molar-refractivity contribution < 1.29 is 9.53 Å². The molecule has 0 fully saturated rings. The molecule has 1 unspecified atom stereocenters. The highest BCUT2D eigenvalue weighted by Crippen LogP contribution is 2.30. The summed E-state index contributed by atoms with van der Waals surface area (Å²) >= 11 is 7.50.